The fraction of sp³-hybridized carbons (Fsp3) is 0.471. The third-order valence-corrected chi connectivity index (χ3v) is 3.65. The summed E-state index contributed by atoms with van der Waals surface area (Å²) in [5, 5.41) is 5.38. The molecule has 0 fully saturated rings. The minimum absolute atomic E-state index is 0.206. The van der Waals surface area contributed by atoms with E-state index in [4.69, 9.17) is 4.74 Å². The van der Waals surface area contributed by atoms with Gasteiger partial charge in [-0.2, -0.15) is 0 Å². The summed E-state index contributed by atoms with van der Waals surface area (Å²) in [6, 6.07) is 4.17. The summed E-state index contributed by atoms with van der Waals surface area (Å²) >= 11 is 0. The number of anilines is 1. The largest absolute Gasteiger partial charge is 0.382 e. The van der Waals surface area contributed by atoms with Gasteiger partial charge in [-0.25, -0.2) is 4.79 Å². The van der Waals surface area contributed by atoms with Crippen molar-refractivity contribution in [2.24, 2.45) is 0 Å². The van der Waals surface area contributed by atoms with Crippen LogP contribution in [0.2, 0.25) is 0 Å². The van der Waals surface area contributed by atoms with Crippen LogP contribution in [0.1, 0.15) is 47.9 Å². The number of carbonyl (C=O) groups is 3. The van der Waals surface area contributed by atoms with Gasteiger partial charge in [-0.05, 0) is 45.4 Å². The molecule has 1 aliphatic heterocycles. The highest BCUT2D eigenvalue weighted by Crippen LogP contribution is 2.27. The van der Waals surface area contributed by atoms with Gasteiger partial charge in [-0.3, -0.25) is 14.5 Å². The van der Waals surface area contributed by atoms with Gasteiger partial charge in [0.1, 0.15) is 0 Å². The van der Waals surface area contributed by atoms with Crippen LogP contribution >= 0.6 is 0 Å². The van der Waals surface area contributed by atoms with Crippen LogP contribution in [0.3, 0.4) is 0 Å². The molecule has 7 nitrogen and oxygen atoms in total. The van der Waals surface area contributed by atoms with E-state index in [2.05, 4.69) is 10.6 Å². The number of rotatable bonds is 7. The molecular weight excluding hydrogens is 310 g/mol. The van der Waals surface area contributed by atoms with Crippen LogP contribution in [0.4, 0.5) is 10.5 Å². The lowest BCUT2D eigenvalue weighted by molar-refractivity contribution is 0.0609. The standard InChI is InChI=1S/C17H23N3O4/c1-4-24-9-5-8-18-17(23)19-12-6-7-13-14(10-12)16(22)20(11(2)3)15(13)21/h6-7,10-11H,4-5,8-9H2,1-3H3,(H2,18,19,23). The quantitative estimate of drug-likeness (QED) is 0.592. The topological polar surface area (TPSA) is 87.7 Å². The van der Waals surface area contributed by atoms with Crippen LogP contribution in [-0.2, 0) is 4.74 Å². The summed E-state index contributed by atoms with van der Waals surface area (Å²) < 4.78 is 5.19. The number of carbonyl (C=O) groups excluding carboxylic acids is 3. The second-order valence-electron chi connectivity index (χ2n) is 5.77. The lowest BCUT2D eigenvalue weighted by Crippen LogP contribution is -2.35. The van der Waals surface area contributed by atoms with E-state index in [0.717, 1.165) is 6.42 Å². The van der Waals surface area contributed by atoms with Crippen molar-refractivity contribution in [1.82, 2.24) is 10.2 Å². The van der Waals surface area contributed by atoms with Crippen molar-refractivity contribution in [1.29, 1.82) is 0 Å². The molecule has 1 aromatic rings. The van der Waals surface area contributed by atoms with Gasteiger partial charge in [0, 0.05) is 31.5 Å². The SMILES string of the molecule is CCOCCCNC(=O)Nc1ccc2c(c1)C(=O)N(C(C)C)C2=O. The minimum Gasteiger partial charge on any atom is -0.382 e. The van der Waals surface area contributed by atoms with Crippen LogP contribution in [0.15, 0.2) is 18.2 Å². The summed E-state index contributed by atoms with van der Waals surface area (Å²) in [6.45, 7) is 7.24. The van der Waals surface area contributed by atoms with E-state index in [-0.39, 0.29) is 23.9 Å². The maximum absolute atomic E-state index is 12.3. The van der Waals surface area contributed by atoms with Gasteiger partial charge in [0.05, 0.1) is 11.1 Å². The zero-order valence-corrected chi connectivity index (χ0v) is 14.2. The Balaban J connectivity index is 1.97. The van der Waals surface area contributed by atoms with Crippen molar-refractivity contribution in [2.75, 3.05) is 25.1 Å². The normalized spacial score (nSPS) is 13.4. The summed E-state index contributed by atoms with van der Waals surface area (Å²) in [7, 11) is 0. The summed E-state index contributed by atoms with van der Waals surface area (Å²) in [4.78, 5) is 37.6. The molecule has 4 amide bonds. The van der Waals surface area contributed by atoms with Crippen molar-refractivity contribution in [3.05, 3.63) is 29.3 Å². The molecule has 0 saturated carbocycles. The highest BCUT2D eigenvalue weighted by Gasteiger charge is 2.37. The van der Waals surface area contributed by atoms with Gasteiger partial charge in [0.25, 0.3) is 11.8 Å². The van der Waals surface area contributed by atoms with E-state index < -0.39 is 0 Å². The van der Waals surface area contributed by atoms with Crippen LogP contribution in [0.25, 0.3) is 0 Å². The second-order valence-corrected chi connectivity index (χ2v) is 5.77. The number of nitrogens with one attached hydrogen (secondary N) is 2. The number of hydrogen-bond acceptors (Lipinski definition) is 4. The molecule has 0 unspecified atom stereocenters. The van der Waals surface area contributed by atoms with E-state index in [1.54, 1.807) is 26.0 Å². The Labute approximate surface area is 141 Å². The molecule has 0 bridgehead atoms. The van der Waals surface area contributed by atoms with Crippen LogP contribution in [0, 0.1) is 0 Å². The van der Waals surface area contributed by atoms with E-state index in [1.165, 1.54) is 11.0 Å². The third kappa shape index (κ3) is 3.91. The Hall–Kier alpha value is -2.41. The fourth-order valence-electron chi connectivity index (χ4n) is 2.50. The third-order valence-electron chi connectivity index (χ3n) is 3.65. The van der Waals surface area contributed by atoms with Crippen LogP contribution in [0.5, 0.6) is 0 Å². The first-order valence-electron chi connectivity index (χ1n) is 8.10. The zero-order valence-electron chi connectivity index (χ0n) is 14.2. The average Bonchev–Trinajstić information content (AvgIpc) is 2.78. The lowest BCUT2D eigenvalue weighted by atomic mass is 10.1. The molecule has 2 rings (SSSR count). The first kappa shape index (κ1) is 17.9. The van der Waals surface area contributed by atoms with Gasteiger partial charge in [0.15, 0.2) is 0 Å². The Morgan fingerprint density at radius 3 is 2.58 bits per heavy atom. The van der Waals surface area contributed by atoms with Gasteiger partial charge < -0.3 is 15.4 Å². The molecule has 1 aliphatic rings. The average molecular weight is 333 g/mol. The zero-order chi connectivity index (χ0) is 17.7. The Kier molecular flexibility index (Phi) is 5.92. The Morgan fingerprint density at radius 2 is 1.92 bits per heavy atom. The summed E-state index contributed by atoms with van der Waals surface area (Å²) in [5.41, 5.74) is 1.17. The predicted octanol–water partition coefficient (Wildman–Crippen LogP) is 2.24. The van der Waals surface area contributed by atoms with E-state index in [9.17, 15) is 14.4 Å². The molecule has 0 aliphatic carbocycles. The molecule has 24 heavy (non-hydrogen) atoms. The number of benzene rings is 1. The van der Waals surface area contributed by atoms with Gasteiger partial charge in [0.2, 0.25) is 0 Å². The molecule has 0 aromatic heterocycles. The molecule has 130 valence electrons. The first-order chi connectivity index (χ1) is 11.5. The van der Waals surface area contributed by atoms with Gasteiger partial charge in [-0.1, -0.05) is 0 Å². The number of urea groups is 1. The van der Waals surface area contributed by atoms with E-state index >= 15 is 0 Å². The van der Waals surface area contributed by atoms with E-state index in [1.807, 2.05) is 6.92 Å². The highest BCUT2D eigenvalue weighted by atomic mass is 16.5. The van der Waals surface area contributed by atoms with Crippen molar-refractivity contribution in [2.45, 2.75) is 33.2 Å². The van der Waals surface area contributed by atoms with Gasteiger partial charge in [-0.15, -0.1) is 0 Å². The first-order valence-corrected chi connectivity index (χ1v) is 8.10. The number of amides is 4. The Bertz CT molecular complexity index is 643. The smallest absolute Gasteiger partial charge is 0.319 e. The second kappa shape index (κ2) is 7.92. The van der Waals surface area contributed by atoms with Crippen LogP contribution in [-0.4, -0.2) is 48.5 Å². The number of nitrogens with zero attached hydrogens (tertiary/aromatic N) is 1. The van der Waals surface area contributed by atoms with Crippen molar-refractivity contribution in [3.8, 4) is 0 Å². The molecule has 7 heteroatoms. The molecule has 0 radical (unpaired) electrons. The lowest BCUT2D eigenvalue weighted by Gasteiger charge is -2.17. The number of ether oxygens (including phenoxy) is 1. The van der Waals surface area contributed by atoms with Crippen molar-refractivity contribution >= 4 is 23.5 Å². The molecule has 0 saturated heterocycles. The number of hydrogen-bond donors (Lipinski definition) is 2. The summed E-state index contributed by atoms with van der Waals surface area (Å²) in [5.74, 6) is -0.623. The molecular formula is C17H23N3O4. The Morgan fingerprint density at radius 1 is 1.21 bits per heavy atom. The number of fused-ring (bicyclic) bond motifs is 1. The molecule has 0 spiro atoms. The number of imide groups is 1. The summed E-state index contributed by atoms with van der Waals surface area (Å²) in [6.07, 6.45) is 0.724. The van der Waals surface area contributed by atoms with E-state index in [0.29, 0.717) is 36.6 Å². The van der Waals surface area contributed by atoms with Crippen LogP contribution < -0.4 is 10.6 Å². The maximum Gasteiger partial charge on any atom is 0.319 e. The predicted molar refractivity (Wildman–Crippen MR) is 90.2 cm³/mol. The van der Waals surface area contributed by atoms with Gasteiger partial charge >= 0.3 is 6.03 Å². The molecule has 2 N–H and O–H groups in total. The maximum atomic E-state index is 12.3. The van der Waals surface area contributed by atoms with Crippen molar-refractivity contribution < 1.29 is 19.1 Å². The molecule has 1 aromatic carbocycles. The minimum atomic E-state index is -0.357. The fourth-order valence-corrected chi connectivity index (χ4v) is 2.50. The van der Waals surface area contributed by atoms with Crippen molar-refractivity contribution in [3.63, 3.8) is 0 Å². The highest BCUT2D eigenvalue weighted by molar-refractivity contribution is 6.22. The molecule has 0 atom stereocenters. The molecule has 1 heterocycles. The monoisotopic (exact) mass is 333 g/mol.